The Morgan fingerprint density at radius 2 is 1.98 bits per heavy atom. The summed E-state index contributed by atoms with van der Waals surface area (Å²) in [5.74, 6) is 0.0562. The van der Waals surface area contributed by atoms with Crippen molar-refractivity contribution in [2.45, 2.75) is 76.1 Å². The van der Waals surface area contributed by atoms with Crippen molar-refractivity contribution in [3.63, 3.8) is 0 Å². The minimum absolute atomic E-state index is 0.0605. The molecule has 7 rings (SSSR count). The van der Waals surface area contributed by atoms with E-state index in [0.717, 1.165) is 49.4 Å². The quantitative estimate of drug-likeness (QED) is 0.283. The highest BCUT2D eigenvalue weighted by molar-refractivity contribution is 7.93. The van der Waals surface area contributed by atoms with E-state index < -0.39 is 32.9 Å². The van der Waals surface area contributed by atoms with Crippen LogP contribution in [-0.2, 0) is 38.3 Å². The van der Waals surface area contributed by atoms with Gasteiger partial charge in [-0.05, 0) is 112 Å². The molecule has 1 spiro atoms. The number of methoxy groups -OCH3 is 2. The van der Waals surface area contributed by atoms with Gasteiger partial charge in [-0.15, -0.1) is 9.46 Å². The van der Waals surface area contributed by atoms with Gasteiger partial charge in [0.05, 0.1) is 43.1 Å². The number of fused-ring (bicyclic) bond motifs is 4. The van der Waals surface area contributed by atoms with E-state index in [-0.39, 0.29) is 28.5 Å². The van der Waals surface area contributed by atoms with Crippen LogP contribution < -0.4 is 19.1 Å². The summed E-state index contributed by atoms with van der Waals surface area (Å²) >= 11 is 6.48. The third-order valence-corrected chi connectivity index (χ3v) is 14.8. The number of carbonyl (C=O) groups excluding carboxylic acids is 2. The minimum Gasteiger partial charge on any atom is -0.498 e. The van der Waals surface area contributed by atoms with E-state index in [9.17, 15) is 9.59 Å². The first kappa shape index (κ1) is 39.2. The number of rotatable bonds is 6. The number of ether oxygens (including phenoxy) is 4. The number of nitrogens with zero attached hydrogens (tertiary/aromatic N) is 4. The molecule has 1 fully saturated rings. The lowest BCUT2D eigenvalue weighted by molar-refractivity contribution is -0.0147. The van der Waals surface area contributed by atoms with Crippen molar-refractivity contribution < 1.29 is 32.7 Å². The molecule has 2 amide bonds. The standard InChI is InChI=1S/C41H52ClN5O7S/c1-7-53-35-16-17-36(51-5)31-13-10-29(31)21-47-23-41(18-8-9-27-19-30(42)12-14-33(27)41)24-54-37-15-11-28(20-34(37)47)38(48)44-55(50,26(3)25(35)2)45-39(49)32-22-46(4)43-40(32)52-6/h11-12,14-16,19-20,22,25-26,29,31,36H,7-10,13,17-18,21,23-24H2,1-6H3,(H,44,45,48,49,50)/b35-16+. The Morgan fingerprint density at radius 1 is 1.16 bits per heavy atom. The van der Waals surface area contributed by atoms with Crippen molar-refractivity contribution in [2.24, 2.45) is 29.2 Å². The van der Waals surface area contributed by atoms with Gasteiger partial charge in [0.15, 0.2) is 0 Å². The van der Waals surface area contributed by atoms with Crippen LogP contribution in [0.25, 0.3) is 0 Å². The van der Waals surface area contributed by atoms with Crippen LogP contribution in [0.2, 0.25) is 5.02 Å². The lowest BCUT2D eigenvalue weighted by atomic mass is 9.68. The first-order chi connectivity index (χ1) is 26.4. The smallest absolute Gasteiger partial charge is 0.286 e. The molecule has 4 aliphatic rings. The van der Waals surface area contributed by atoms with E-state index in [1.807, 2.05) is 38.1 Å². The van der Waals surface area contributed by atoms with Crippen LogP contribution in [0.5, 0.6) is 11.6 Å². The van der Waals surface area contributed by atoms with Gasteiger partial charge in [-0.1, -0.05) is 24.6 Å². The summed E-state index contributed by atoms with van der Waals surface area (Å²) in [6.07, 6.45) is 9.02. The second-order valence-corrected chi connectivity index (χ2v) is 18.2. The summed E-state index contributed by atoms with van der Waals surface area (Å²) in [6, 6.07) is 11.5. The minimum atomic E-state index is -3.81. The summed E-state index contributed by atoms with van der Waals surface area (Å²) in [5.41, 5.74) is 3.32. The normalized spacial score (nSPS) is 30.3. The molecule has 2 aliphatic carbocycles. The number of carbonyl (C=O) groups is 2. The molecule has 0 radical (unpaired) electrons. The maximum Gasteiger partial charge on any atom is 0.286 e. The largest absolute Gasteiger partial charge is 0.498 e. The van der Waals surface area contributed by atoms with Gasteiger partial charge >= 0.3 is 0 Å². The number of nitrogens with one attached hydrogen (secondary N) is 1. The Bertz CT molecular complexity index is 2110. The number of anilines is 1. The topological polar surface area (TPSA) is 134 Å². The third kappa shape index (κ3) is 7.59. The van der Waals surface area contributed by atoms with Crippen molar-refractivity contribution in [1.82, 2.24) is 14.5 Å². The fraction of sp³-hybridized carbons (Fsp3) is 0.537. The highest BCUT2D eigenvalue weighted by atomic mass is 35.5. The summed E-state index contributed by atoms with van der Waals surface area (Å²) in [7, 11) is 1.00. The highest BCUT2D eigenvalue weighted by Crippen LogP contribution is 2.47. The Kier molecular flexibility index (Phi) is 11.3. The predicted molar refractivity (Wildman–Crippen MR) is 212 cm³/mol. The number of amides is 2. The van der Waals surface area contributed by atoms with Crippen LogP contribution >= 0.6 is 11.6 Å². The predicted octanol–water partition coefficient (Wildman–Crippen LogP) is 6.90. The zero-order chi connectivity index (χ0) is 39.1. The van der Waals surface area contributed by atoms with Crippen molar-refractivity contribution >= 4 is 39.0 Å². The van der Waals surface area contributed by atoms with Crippen molar-refractivity contribution in [3.8, 4) is 11.6 Å². The zero-order valence-electron chi connectivity index (χ0n) is 32.5. The molecule has 1 saturated carbocycles. The average Bonchev–Trinajstić information content (AvgIpc) is 3.48. The molecule has 2 aromatic carbocycles. The van der Waals surface area contributed by atoms with E-state index in [0.29, 0.717) is 49.5 Å². The van der Waals surface area contributed by atoms with E-state index in [2.05, 4.69) is 31.2 Å². The lowest BCUT2D eigenvalue weighted by Crippen LogP contribution is -2.49. The Hall–Kier alpha value is -4.07. The van der Waals surface area contributed by atoms with Gasteiger partial charge in [0.2, 0.25) is 5.88 Å². The van der Waals surface area contributed by atoms with Gasteiger partial charge < -0.3 is 23.8 Å². The molecule has 12 nitrogen and oxygen atoms in total. The van der Waals surface area contributed by atoms with E-state index in [1.165, 1.54) is 29.1 Å². The molecular weight excluding hydrogens is 742 g/mol. The van der Waals surface area contributed by atoms with Gasteiger partial charge in [0.25, 0.3) is 11.8 Å². The Labute approximate surface area is 329 Å². The average molecular weight is 794 g/mol. The molecular formula is C41H52ClN5O7S. The molecule has 1 aromatic heterocycles. The van der Waals surface area contributed by atoms with Gasteiger partial charge in [-0.3, -0.25) is 19.0 Å². The summed E-state index contributed by atoms with van der Waals surface area (Å²) in [5, 5.41) is 4.06. The Morgan fingerprint density at radius 3 is 2.71 bits per heavy atom. The molecule has 7 atom stereocenters. The van der Waals surface area contributed by atoms with Crippen LogP contribution in [0.15, 0.2) is 58.8 Å². The maximum absolute atomic E-state index is 15.2. The maximum atomic E-state index is 15.2. The summed E-state index contributed by atoms with van der Waals surface area (Å²) in [4.78, 5) is 30.5. The van der Waals surface area contributed by atoms with Crippen LogP contribution in [0.1, 0.15) is 84.7 Å². The van der Waals surface area contributed by atoms with Gasteiger partial charge in [-0.25, -0.2) is 4.21 Å². The van der Waals surface area contributed by atoms with E-state index >= 15 is 4.21 Å². The van der Waals surface area contributed by atoms with Crippen LogP contribution in [0.4, 0.5) is 5.69 Å². The van der Waals surface area contributed by atoms with Crippen molar-refractivity contribution in [1.29, 1.82) is 0 Å². The fourth-order valence-corrected chi connectivity index (χ4v) is 10.9. The Balaban J connectivity index is 1.35. The molecule has 7 unspecified atom stereocenters. The van der Waals surface area contributed by atoms with Crippen molar-refractivity contribution in [3.05, 3.63) is 81.7 Å². The molecule has 55 heavy (non-hydrogen) atoms. The van der Waals surface area contributed by atoms with Gasteiger partial charge in [0, 0.05) is 55.4 Å². The second kappa shape index (κ2) is 15.8. The monoisotopic (exact) mass is 793 g/mol. The molecule has 14 heteroatoms. The molecule has 3 heterocycles. The number of aryl methyl sites for hydroxylation is 2. The van der Waals surface area contributed by atoms with E-state index in [4.69, 9.17) is 30.5 Å². The molecule has 2 bridgehead atoms. The number of allylic oxidation sites excluding steroid dienone is 1. The van der Waals surface area contributed by atoms with Crippen LogP contribution in [0.3, 0.4) is 0 Å². The highest BCUT2D eigenvalue weighted by Gasteiger charge is 2.45. The summed E-state index contributed by atoms with van der Waals surface area (Å²) < 4.78 is 48.0. The molecule has 1 N–H and O–H groups in total. The fourth-order valence-electron chi connectivity index (χ4n) is 8.91. The number of hydrogen-bond acceptors (Lipinski definition) is 9. The number of halogens is 1. The molecule has 3 aromatic rings. The summed E-state index contributed by atoms with van der Waals surface area (Å²) in [6.45, 7) is 7.79. The lowest BCUT2D eigenvalue weighted by Gasteiger charge is -2.46. The number of benzene rings is 2. The molecule has 0 saturated heterocycles. The molecule has 2 aliphatic heterocycles. The molecule has 296 valence electrons. The van der Waals surface area contributed by atoms with E-state index in [1.54, 1.807) is 27.1 Å². The number of hydrogen-bond donors (Lipinski definition) is 1. The first-order valence-electron chi connectivity index (χ1n) is 19.2. The number of aromatic nitrogens is 2. The third-order valence-electron chi connectivity index (χ3n) is 12.2. The van der Waals surface area contributed by atoms with Crippen LogP contribution in [0, 0.1) is 17.8 Å². The van der Waals surface area contributed by atoms with Gasteiger partial charge in [-0.2, -0.15) is 0 Å². The zero-order valence-corrected chi connectivity index (χ0v) is 34.1. The van der Waals surface area contributed by atoms with Crippen LogP contribution in [-0.4, -0.2) is 77.7 Å². The van der Waals surface area contributed by atoms with Gasteiger partial charge in [0.1, 0.15) is 21.2 Å². The van der Waals surface area contributed by atoms with Crippen molar-refractivity contribution in [2.75, 3.05) is 45.4 Å². The second-order valence-electron chi connectivity index (χ2n) is 15.5. The SMILES string of the molecule is CCO/C1=C/CC(OC)C2CCC2CN2CC3(CCCc4cc(Cl)ccc43)COc3ccc(cc32)C(=O)N=S(=O)(NC(=O)c2cn(C)nc2OC)C(C)C1C. The first-order valence-corrected chi connectivity index (χ1v) is 21.2.